The number of pyridine rings is 1. The number of thioether (sulfide) groups is 1. The smallest absolute Gasteiger partial charge is 0.196 e. The first kappa shape index (κ1) is 17.5. The molecule has 0 amide bonds. The molecular weight excluding hydrogens is 358 g/mol. The number of aromatic nitrogens is 3. The number of nitrogens with zero attached hydrogens (tertiary/aromatic N) is 3. The van der Waals surface area contributed by atoms with Crippen molar-refractivity contribution in [3.05, 3.63) is 66.2 Å². The second-order valence-electron chi connectivity index (χ2n) is 6.47. The van der Waals surface area contributed by atoms with Crippen LogP contribution in [0.15, 0.2) is 65.8 Å². The fourth-order valence-corrected chi connectivity index (χ4v) is 3.76. The van der Waals surface area contributed by atoms with Crippen LogP contribution in [0.2, 0.25) is 0 Å². The molecule has 0 saturated heterocycles. The van der Waals surface area contributed by atoms with E-state index in [9.17, 15) is 4.79 Å². The normalized spacial score (nSPS) is 11.4. The molecule has 2 aromatic carbocycles. The Bertz CT molecular complexity index is 1100. The van der Waals surface area contributed by atoms with Crippen molar-refractivity contribution in [1.82, 2.24) is 14.6 Å². The summed E-state index contributed by atoms with van der Waals surface area (Å²) >= 11 is 1.40. The number of para-hydroxylation sites is 1. The van der Waals surface area contributed by atoms with Crippen LogP contribution in [-0.2, 0) is 0 Å². The molecule has 0 bridgehead atoms. The molecule has 6 heteroatoms. The van der Waals surface area contributed by atoms with Crippen LogP contribution >= 0.6 is 11.8 Å². The molecule has 0 atom stereocenters. The van der Waals surface area contributed by atoms with Crippen molar-refractivity contribution in [3.8, 4) is 5.75 Å². The number of hydrogen-bond donors (Lipinski definition) is 0. The third-order valence-corrected chi connectivity index (χ3v) is 5.06. The van der Waals surface area contributed by atoms with Crippen LogP contribution in [0.4, 0.5) is 0 Å². The van der Waals surface area contributed by atoms with E-state index in [1.165, 1.54) is 11.8 Å². The fraction of sp³-hybridized carbons (Fsp3) is 0.190. The first-order valence-electron chi connectivity index (χ1n) is 8.77. The second kappa shape index (κ2) is 7.40. The SMILES string of the molecule is CC(C)Oc1ccc(C(=O)CSc2nnc3ccc4ccccc4n23)cc1. The van der Waals surface area contributed by atoms with E-state index in [2.05, 4.69) is 16.3 Å². The molecule has 136 valence electrons. The van der Waals surface area contributed by atoms with Crippen molar-refractivity contribution in [3.63, 3.8) is 0 Å². The Balaban J connectivity index is 1.53. The second-order valence-corrected chi connectivity index (χ2v) is 7.41. The molecule has 0 aliphatic heterocycles. The van der Waals surface area contributed by atoms with E-state index in [1.807, 2.05) is 60.7 Å². The molecule has 0 unspecified atom stereocenters. The molecule has 27 heavy (non-hydrogen) atoms. The van der Waals surface area contributed by atoms with Gasteiger partial charge in [-0.25, -0.2) is 0 Å². The highest BCUT2D eigenvalue weighted by atomic mass is 32.2. The quantitative estimate of drug-likeness (QED) is 0.362. The molecule has 2 heterocycles. The van der Waals surface area contributed by atoms with Gasteiger partial charge in [-0.1, -0.05) is 30.0 Å². The van der Waals surface area contributed by atoms with Gasteiger partial charge < -0.3 is 4.74 Å². The maximum Gasteiger partial charge on any atom is 0.196 e. The van der Waals surface area contributed by atoms with E-state index >= 15 is 0 Å². The van der Waals surface area contributed by atoms with Crippen molar-refractivity contribution in [2.45, 2.75) is 25.1 Å². The van der Waals surface area contributed by atoms with Crippen LogP contribution in [-0.4, -0.2) is 32.2 Å². The van der Waals surface area contributed by atoms with Crippen molar-refractivity contribution >= 4 is 34.1 Å². The van der Waals surface area contributed by atoms with Crippen LogP contribution in [0.1, 0.15) is 24.2 Å². The Labute approximate surface area is 161 Å². The molecule has 0 fully saturated rings. The molecule has 0 aliphatic rings. The van der Waals surface area contributed by atoms with Crippen LogP contribution < -0.4 is 4.74 Å². The van der Waals surface area contributed by atoms with Crippen molar-refractivity contribution in [2.75, 3.05) is 5.75 Å². The van der Waals surface area contributed by atoms with Gasteiger partial charge in [0.25, 0.3) is 0 Å². The largest absolute Gasteiger partial charge is 0.491 e. The zero-order valence-electron chi connectivity index (χ0n) is 15.1. The molecule has 4 rings (SSSR count). The zero-order valence-corrected chi connectivity index (χ0v) is 15.9. The van der Waals surface area contributed by atoms with Gasteiger partial charge in [-0.15, -0.1) is 10.2 Å². The number of hydrogen-bond acceptors (Lipinski definition) is 5. The van der Waals surface area contributed by atoms with Gasteiger partial charge >= 0.3 is 0 Å². The Morgan fingerprint density at radius 3 is 2.59 bits per heavy atom. The highest BCUT2D eigenvalue weighted by molar-refractivity contribution is 7.99. The molecule has 0 spiro atoms. The number of carbonyl (C=O) groups excluding carboxylic acids is 1. The topological polar surface area (TPSA) is 56.5 Å². The minimum absolute atomic E-state index is 0.0492. The lowest BCUT2D eigenvalue weighted by Gasteiger charge is -2.09. The molecule has 0 aliphatic carbocycles. The molecule has 4 aromatic rings. The van der Waals surface area contributed by atoms with Gasteiger partial charge in [0, 0.05) is 5.56 Å². The number of carbonyl (C=O) groups is 1. The lowest BCUT2D eigenvalue weighted by molar-refractivity contribution is 0.102. The van der Waals surface area contributed by atoms with E-state index in [0.29, 0.717) is 11.3 Å². The summed E-state index contributed by atoms with van der Waals surface area (Å²) in [6.07, 6.45) is 0.109. The van der Waals surface area contributed by atoms with Gasteiger partial charge in [-0.3, -0.25) is 9.20 Å². The first-order chi connectivity index (χ1) is 13.1. The van der Waals surface area contributed by atoms with E-state index < -0.39 is 0 Å². The summed E-state index contributed by atoms with van der Waals surface area (Å²) in [5, 5.41) is 10.3. The summed E-state index contributed by atoms with van der Waals surface area (Å²) in [5.74, 6) is 1.12. The van der Waals surface area contributed by atoms with E-state index in [4.69, 9.17) is 4.74 Å². The summed E-state index contributed by atoms with van der Waals surface area (Å²) in [4.78, 5) is 12.6. The lowest BCUT2D eigenvalue weighted by Crippen LogP contribution is -2.06. The van der Waals surface area contributed by atoms with E-state index in [0.717, 1.165) is 27.5 Å². The van der Waals surface area contributed by atoms with Crippen LogP contribution in [0.5, 0.6) is 5.75 Å². The van der Waals surface area contributed by atoms with Crippen molar-refractivity contribution in [1.29, 1.82) is 0 Å². The molecule has 0 N–H and O–H groups in total. The van der Waals surface area contributed by atoms with Gasteiger partial charge in [0.1, 0.15) is 5.75 Å². The number of fused-ring (bicyclic) bond motifs is 3. The third-order valence-electron chi connectivity index (χ3n) is 4.13. The van der Waals surface area contributed by atoms with Crippen LogP contribution in [0.3, 0.4) is 0 Å². The average molecular weight is 377 g/mol. The highest BCUT2D eigenvalue weighted by Crippen LogP contribution is 2.24. The molecule has 0 radical (unpaired) electrons. The number of rotatable bonds is 6. The Hall–Kier alpha value is -2.86. The van der Waals surface area contributed by atoms with E-state index in [-0.39, 0.29) is 11.9 Å². The average Bonchev–Trinajstić information content (AvgIpc) is 3.10. The van der Waals surface area contributed by atoms with E-state index in [1.54, 1.807) is 12.1 Å². The van der Waals surface area contributed by atoms with Crippen molar-refractivity contribution in [2.24, 2.45) is 0 Å². The van der Waals surface area contributed by atoms with Gasteiger partial charge in [0.2, 0.25) is 0 Å². The standard InChI is InChI=1S/C21H19N3O2S/c1-14(2)26-17-10-7-16(8-11-17)19(25)13-27-21-23-22-20-12-9-15-5-3-4-6-18(15)24(20)21/h3-12,14H,13H2,1-2H3. The maximum atomic E-state index is 12.6. The monoisotopic (exact) mass is 377 g/mol. The predicted octanol–water partition coefficient (Wildman–Crippen LogP) is 4.64. The lowest BCUT2D eigenvalue weighted by atomic mass is 10.1. The number of Topliss-reactive ketones (excluding diaryl/α,β-unsaturated/α-hetero) is 1. The van der Waals surface area contributed by atoms with Gasteiger partial charge in [-0.05, 0) is 61.7 Å². The molecule has 2 aromatic heterocycles. The van der Waals surface area contributed by atoms with Crippen LogP contribution in [0.25, 0.3) is 16.6 Å². The minimum atomic E-state index is 0.0492. The fourth-order valence-electron chi connectivity index (χ4n) is 2.91. The Morgan fingerprint density at radius 2 is 1.81 bits per heavy atom. The van der Waals surface area contributed by atoms with Crippen LogP contribution in [0, 0.1) is 0 Å². The first-order valence-corrected chi connectivity index (χ1v) is 9.76. The predicted molar refractivity (Wildman–Crippen MR) is 108 cm³/mol. The molecule has 0 saturated carbocycles. The molecular formula is C21H19N3O2S. The highest BCUT2D eigenvalue weighted by Gasteiger charge is 2.13. The third kappa shape index (κ3) is 3.66. The van der Waals surface area contributed by atoms with Gasteiger partial charge in [-0.2, -0.15) is 0 Å². The summed E-state index contributed by atoms with van der Waals surface area (Å²) in [6, 6.07) is 19.3. The van der Waals surface area contributed by atoms with Gasteiger partial charge in [0.05, 0.1) is 17.4 Å². The zero-order chi connectivity index (χ0) is 18.8. The summed E-state index contributed by atoms with van der Waals surface area (Å²) < 4.78 is 7.61. The number of ether oxygens (including phenoxy) is 1. The number of ketones is 1. The Kier molecular flexibility index (Phi) is 4.81. The Morgan fingerprint density at radius 1 is 1.04 bits per heavy atom. The van der Waals surface area contributed by atoms with Crippen molar-refractivity contribution < 1.29 is 9.53 Å². The summed E-state index contributed by atoms with van der Waals surface area (Å²) in [7, 11) is 0. The summed E-state index contributed by atoms with van der Waals surface area (Å²) in [5.41, 5.74) is 2.47. The number of benzene rings is 2. The molecule has 5 nitrogen and oxygen atoms in total. The summed E-state index contributed by atoms with van der Waals surface area (Å²) in [6.45, 7) is 3.95. The minimum Gasteiger partial charge on any atom is -0.491 e. The van der Waals surface area contributed by atoms with Gasteiger partial charge in [0.15, 0.2) is 16.6 Å². The maximum absolute atomic E-state index is 12.6.